The lowest BCUT2D eigenvalue weighted by molar-refractivity contribution is 0.459. The topological polar surface area (TPSA) is 83.1 Å². The van der Waals surface area contributed by atoms with Gasteiger partial charge in [0.15, 0.2) is 0 Å². The summed E-state index contributed by atoms with van der Waals surface area (Å²) in [6.45, 7) is 1.69. The van der Waals surface area contributed by atoms with E-state index in [1.54, 1.807) is 25.1 Å². The average Bonchev–Trinajstić information content (AvgIpc) is 2.92. The Hall–Kier alpha value is -2.10. The van der Waals surface area contributed by atoms with Crippen LogP contribution in [-0.2, 0) is 10.0 Å². The Bertz CT molecular complexity index is 700. The number of furan rings is 1. The molecule has 0 spiro atoms. The van der Waals surface area contributed by atoms with Crippen LogP contribution in [0.5, 0.6) is 0 Å². The molecule has 0 saturated heterocycles. The summed E-state index contributed by atoms with van der Waals surface area (Å²) in [6.07, 6.45) is 1.48. The second kappa shape index (κ2) is 5.26. The van der Waals surface area contributed by atoms with E-state index < -0.39 is 16.1 Å². The second-order valence-electron chi connectivity index (χ2n) is 4.00. The van der Waals surface area contributed by atoms with Gasteiger partial charge in [-0.3, -0.25) is 0 Å². The standard InChI is InChI=1S/C13H12N2O3S/c1-10(13-6-3-7-18-13)15-19(16,17)12-5-2-4-11(8-12)9-14/h2-8,10,15H,1H3. The van der Waals surface area contributed by atoms with Gasteiger partial charge in [0.05, 0.1) is 28.8 Å². The molecule has 0 bridgehead atoms. The van der Waals surface area contributed by atoms with E-state index in [1.165, 1.54) is 24.5 Å². The fraction of sp³-hybridized carbons (Fsp3) is 0.154. The van der Waals surface area contributed by atoms with Crippen molar-refractivity contribution in [1.29, 1.82) is 5.26 Å². The largest absolute Gasteiger partial charge is 0.468 e. The number of hydrogen-bond donors (Lipinski definition) is 1. The number of rotatable bonds is 4. The molecule has 98 valence electrons. The van der Waals surface area contributed by atoms with Gasteiger partial charge < -0.3 is 4.42 Å². The molecule has 19 heavy (non-hydrogen) atoms. The Morgan fingerprint density at radius 2 is 2.11 bits per heavy atom. The van der Waals surface area contributed by atoms with E-state index in [0.29, 0.717) is 11.3 Å². The summed E-state index contributed by atoms with van der Waals surface area (Å²) in [6, 6.07) is 10.7. The maximum absolute atomic E-state index is 12.1. The van der Waals surface area contributed by atoms with Crippen LogP contribution in [0.3, 0.4) is 0 Å². The molecule has 0 amide bonds. The minimum atomic E-state index is -3.68. The minimum Gasteiger partial charge on any atom is -0.468 e. The average molecular weight is 276 g/mol. The lowest BCUT2D eigenvalue weighted by atomic mass is 10.2. The van der Waals surface area contributed by atoms with Gasteiger partial charge in [0.2, 0.25) is 10.0 Å². The number of nitrogens with one attached hydrogen (secondary N) is 1. The van der Waals surface area contributed by atoms with Crippen molar-refractivity contribution in [1.82, 2.24) is 4.72 Å². The first-order valence-corrected chi connectivity index (χ1v) is 7.07. The van der Waals surface area contributed by atoms with Crippen molar-refractivity contribution in [3.8, 4) is 6.07 Å². The van der Waals surface area contributed by atoms with Crippen LogP contribution in [0.4, 0.5) is 0 Å². The zero-order chi connectivity index (χ0) is 13.9. The molecule has 5 nitrogen and oxygen atoms in total. The van der Waals surface area contributed by atoms with Gasteiger partial charge in [-0.1, -0.05) is 6.07 Å². The SMILES string of the molecule is CC(NS(=O)(=O)c1cccc(C#N)c1)c1ccco1. The molecular weight excluding hydrogens is 264 g/mol. The van der Waals surface area contributed by atoms with Crippen LogP contribution in [-0.4, -0.2) is 8.42 Å². The monoisotopic (exact) mass is 276 g/mol. The van der Waals surface area contributed by atoms with E-state index in [0.717, 1.165) is 0 Å². The third-order valence-corrected chi connectivity index (χ3v) is 4.11. The molecule has 0 radical (unpaired) electrons. The van der Waals surface area contributed by atoms with Crippen LogP contribution in [0, 0.1) is 11.3 Å². The first-order chi connectivity index (χ1) is 9.03. The fourth-order valence-electron chi connectivity index (χ4n) is 1.63. The predicted octanol–water partition coefficient (Wildman–Crippen LogP) is 2.19. The number of nitriles is 1. The zero-order valence-corrected chi connectivity index (χ0v) is 11.0. The van der Waals surface area contributed by atoms with Crippen molar-refractivity contribution in [2.45, 2.75) is 17.9 Å². The molecule has 0 aliphatic heterocycles. The third kappa shape index (κ3) is 3.02. The molecule has 1 aromatic heterocycles. The van der Waals surface area contributed by atoms with Crippen LogP contribution in [0.15, 0.2) is 52.0 Å². The van der Waals surface area contributed by atoms with Crippen molar-refractivity contribution in [3.05, 3.63) is 54.0 Å². The van der Waals surface area contributed by atoms with Gasteiger partial charge in [0.1, 0.15) is 5.76 Å². The molecule has 2 rings (SSSR count). The summed E-state index contributed by atoms with van der Waals surface area (Å²) in [7, 11) is -3.68. The normalized spacial score (nSPS) is 12.8. The highest BCUT2D eigenvalue weighted by atomic mass is 32.2. The molecule has 1 aromatic carbocycles. The van der Waals surface area contributed by atoms with Crippen molar-refractivity contribution >= 4 is 10.0 Å². The Kier molecular flexibility index (Phi) is 3.69. The maximum Gasteiger partial charge on any atom is 0.241 e. The Morgan fingerprint density at radius 3 is 2.74 bits per heavy atom. The van der Waals surface area contributed by atoms with E-state index >= 15 is 0 Å². The highest BCUT2D eigenvalue weighted by molar-refractivity contribution is 7.89. The highest BCUT2D eigenvalue weighted by Gasteiger charge is 2.19. The van der Waals surface area contributed by atoms with Crippen molar-refractivity contribution < 1.29 is 12.8 Å². The molecule has 0 aliphatic carbocycles. The summed E-state index contributed by atoms with van der Waals surface area (Å²) < 4.78 is 31.9. The minimum absolute atomic E-state index is 0.0601. The van der Waals surface area contributed by atoms with Crippen molar-refractivity contribution in [3.63, 3.8) is 0 Å². The first-order valence-electron chi connectivity index (χ1n) is 5.59. The molecule has 0 aliphatic rings. The quantitative estimate of drug-likeness (QED) is 0.927. The molecule has 0 saturated carbocycles. The summed E-state index contributed by atoms with van der Waals surface area (Å²) >= 11 is 0. The van der Waals surface area contributed by atoms with Gasteiger partial charge >= 0.3 is 0 Å². The van der Waals surface area contributed by atoms with Gasteiger partial charge in [0, 0.05) is 0 Å². The molecule has 1 atom stereocenters. The number of sulfonamides is 1. The first kappa shape index (κ1) is 13.3. The van der Waals surface area contributed by atoms with Crippen molar-refractivity contribution in [2.75, 3.05) is 0 Å². The molecule has 1 heterocycles. The Morgan fingerprint density at radius 1 is 1.32 bits per heavy atom. The fourth-order valence-corrected chi connectivity index (χ4v) is 2.89. The van der Waals surface area contributed by atoms with E-state index in [1.807, 2.05) is 6.07 Å². The summed E-state index contributed by atoms with van der Waals surface area (Å²) in [5.74, 6) is 0.528. The Labute approximate surface area is 111 Å². The van der Waals surface area contributed by atoms with Crippen LogP contribution >= 0.6 is 0 Å². The molecular formula is C13H12N2O3S. The third-order valence-electron chi connectivity index (χ3n) is 2.58. The number of benzene rings is 1. The van der Waals surface area contributed by atoms with E-state index in [9.17, 15) is 8.42 Å². The van der Waals surface area contributed by atoms with Gasteiger partial charge in [-0.25, -0.2) is 13.1 Å². The second-order valence-corrected chi connectivity index (χ2v) is 5.71. The molecule has 1 N–H and O–H groups in total. The number of hydrogen-bond acceptors (Lipinski definition) is 4. The van der Waals surface area contributed by atoms with E-state index in [2.05, 4.69) is 4.72 Å². The molecule has 6 heteroatoms. The van der Waals surface area contributed by atoms with Crippen LogP contribution in [0.2, 0.25) is 0 Å². The van der Waals surface area contributed by atoms with Gasteiger partial charge in [0.25, 0.3) is 0 Å². The van der Waals surface area contributed by atoms with Gasteiger partial charge in [-0.05, 0) is 37.3 Å². The molecule has 0 fully saturated rings. The predicted molar refractivity (Wildman–Crippen MR) is 68.6 cm³/mol. The van der Waals surface area contributed by atoms with Gasteiger partial charge in [-0.2, -0.15) is 5.26 Å². The lowest BCUT2D eigenvalue weighted by Crippen LogP contribution is -2.26. The van der Waals surface area contributed by atoms with Crippen LogP contribution < -0.4 is 4.72 Å². The molecule has 2 aromatic rings. The van der Waals surface area contributed by atoms with Crippen LogP contribution in [0.25, 0.3) is 0 Å². The number of nitrogens with zero attached hydrogens (tertiary/aromatic N) is 1. The lowest BCUT2D eigenvalue weighted by Gasteiger charge is -2.12. The summed E-state index contributed by atoms with van der Waals surface area (Å²) in [5, 5.41) is 8.78. The van der Waals surface area contributed by atoms with Crippen molar-refractivity contribution in [2.24, 2.45) is 0 Å². The van der Waals surface area contributed by atoms with E-state index in [4.69, 9.17) is 9.68 Å². The zero-order valence-electron chi connectivity index (χ0n) is 10.2. The maximum atomic E-state index is 12.1. The molecule has 1 unspecified atom stereocenters. The summed E-state index contributed by atoms with van der Waals surface area (Å²) in [4.78, 5) is 0.0601. The van der Waals surface area contributed by atoms with Gasteiger partial charge in [-0.15, -0.1) is 0 Å². The summed E-state index contributed by atoms with van der Waals surface area (Å²) in [5.41, 5.74) is 0.300. The van der Waals surface area contributed by atoms with Crippen LogP contribution in [0.1, 0.15) is 24.3 Å². The highest BCUT2D eigenvalue weighted by Crippen LogP contribution is 2.17. The van der Waals surface area contributed by atoms with E-state index in [-0.39, 0.29) is 4.90 Å². The smallest absolute Gasteiger partial charge is 0.241 e. The Balaban J connectivity index is 2.25.